The Morgan fingerprint density at radius 3 is 1.97 bits per heavy atom. The molecule has 0 unspecified atom stereocenters. The minimum atomic E-state index is -1.18. The average Bonchev–Trinajstić information content (AvgIpc) is 2.83. The number of carboxylic acid groups (broad SMARTS) is 1. The van der Waals surface area contributed by atoms with E-state index < -0.39 is 36.3 Å². The molecule has 0 aliphatic carbocycles. The van der Waals surface area contributed by atoms with Gasteiger partial charge in [0.1, 0.15) is 12.1 Å². The molecule has 8 heteroatoms. The van der Waals surface area contributed by atoms with Gasteiger partial charge in [-0.2, -0.15) is 0 Å². The molecule has 0 aromatic heterocycles. The summed E-state index contributed by atoms with van der Waals surface area (Å²) in [5.74, 6) is -0.755. The van der Waals surface area contributed by atoms with Crippen LogP contribution in [0.4, 0.5) is 4.79 Å². The van der Waals surface area contributed by atoms with Crippen molar-refractivity contribution in [3.63, 3.8) is 0 Å². The summed E-state index contributed by atoms with van der Waals surface area (Å²) in [5.41, 5.74) is 7.60. The number of carbonyl (C=O) groups excluding carboxylic acids is 1. The van der Waals surface area contributed by atoms with Crippen LogP contribution < -0.4 is 5.73 Å². The normalized spacial score (nSPS) is 18.4. The monoisotopic (exact) mass is 441 g/mol. The van der Waals surface area contributed by atoms with E-state index in [1.54, 1.807) is 19.2 Å². The molecule has 1 aliphatic heterocycles. The topological polar surface area (TPSA) is 127 Å². The van der Waals surface area contributed by atoms with Gasteiger partial charge in [-0.3, -0.25) is 4.79 Å². The molecule has 3 rings (SSSR count). The number of likely N-dealkylation sites (N-methyl/N-ethyl adjacent to an activating group) is 1. The molecule has 0 radical (unpaired) electrons. The first-order chi connectivity index (χ1) is 15.3. The zero-order chi connectivity index (χ0) is 23.3. The highest BCUT2D eigenvalue weighted by molar-refractivity contribution is 5.82. The molecule has 1 fully saturated rings. The van der Waals surface area contributed by atoms with Crippen molar-refractivity contribution in [2.24, 2.45) is 11.7 Å². The molecule has 1 aliphatic rings. The Balaban J connectivity index is 1.77. The van der Waals surface area contributed by atoms with Crippen molar-refractivity contribution in [2.45, 2.75) is 37.1 Å². The highest BCUT2D eigenvalue weighted by atomic mass is 16.4. The van der Waals surface area contributed by atoms with Gasteiger partial charge in [0.15, 0.2) is 0 Å². The van der Waals surface area contributed by atoms with Crippen LogP contribution in [0, 0.1) is 5.92 Å². The largest absolute Gasteiger partial charge is 0.465 e. The molecule has 2 aromatic rings. The summed E-state index contributed by atoms with van der Waals surface area (Å²) in [6.45, 7) is 0.598. The van der Waals surface area contributed by atoms with Gasteiger partial charge in [0.05, 0.1) is 12.1 Å². The van der Waals surface area contributed by atoms with Crippen LogP contribution in [0.15, 0.2) is 60.7 Å². The van der Waals surface area contributed by atoms with E-state index in [1.165, 1.54) is 9.80 Å². The van der Waals surface area contributed by atoms with Crippen molar-refractivity contribution in [1.82, 2.24) is 9.80 Å². The van der Waals surface area contributed by atoms with E-state index in [0.717, 1.165) is 5.56 Å². The predicted octanol–water partition coefficient (Wildman–Crippen LogP) is 2.00. The van der Waals surface area contributed by atoms with E-state index in [2.05, 4.69) is 0 Å². The molecule has 0 spiro atoms. The second-order valence-electron chi connectivity index (χ2n) is 8.28. The predicted molar refractivity (Wildman–Crippen MR) is 120 cm³/mol. The number of carbonyl (C=O) groups is 2. The molecule has 32 heavy (non-hydrogen) atoms. The Labute approximate surface area is 187 Å². The highest BCUT2D eigenvalue weighted by Gasteiger charge is 2.38. The summed E-state index contributed by atoms with van der Waals surface area (Å²) in [6.07, 6.45) is -2.21. The van der Waals surface area contributed by atoms with Gasteiger partial charge in [-0.25, -0.2) is 4.79 Å². The molecule has 1 heterocycles. The van der Waals surface area contributed by atoms with Crippen LogP contribution in [-0.2, 0) is 4.79 Å². The van der Waals surface area contributed by atoms with Gasteiger partial charge < -0.3 is 30.9 Å². The maximum Gasteiger partial charge on any atom is 0.407 e. The summed E-state index contributed by atoms with van der Waals surface area (Å²) in [6, 6.07) is 16.4. The zero-order valence-electron chi connectivity index (χ0n) is 18.1. The number of rotatable bonds is 7. The zero-order valence-corrected chi connectivity index (χ0v) is 18.1. The fraction of sp³-hybridized carbons (Fsp3) is 0.417. The van der Waals surface area contributed by atoms with Crippen LogP contribution in [0.1, 0.15) is 36.1 Å². The lowest BCUT2D eigenvalue weighted by Gasteiger charge is -2.38. The maximum atomic E-state index is 13.3. The van der Waals surface area contributed by atoms with Gasteiger partial charge in [0, 0.05) is 20.1 Å². The lowest BCUT2D eigenvalue weighted by Crippen LogP contribution is -2.54. The molecular formula is C24H31N3O5. The number of aliphatic hydroxyl groups is 2. The third-order valence-electron chi connectivity index (χ3n) is 6.29. The second-order valence-corrected chi connectivity index (χ2v) is 8.28. The molecular weight excluding hydrogens is 410 g/mol. The van der Waals surface area contributed by atoms with Crippen LogP contribution in [0.3, 0.4) is 0 Å². The van der Waals surface area contributed by atoms with E-state index in [0.29, 0.717) is 31.5 Å². The molecule has 1 saturated heterocycles. The first kappa shape index (κ1) is 23.7. The number of nitrogens with zero attached hydrogens (tertiary/aromatic N) is 2. The number of hydrogen-bond donors (Lipinski definition) is 4. The molecule has 8 nitrogen and oxygen atoms in total. The first-order valence-electron chi connectivity index (χ1n) is 10.8. The molecule has 2 aromatic carbocycles. The van der Waals surface area contributed by atoms with E-state index in [-0.39, 0.29) is 5.92 Å². The third-order valence-corrected chi connectivity index (χ3v) is 6.29. The lowest BCUT2D eigenvalue weighted by molar-refractivity contribution is -0.140. The summed E-state index contributed by atoms with van der Waals surface area (Å²) >= 11 is 0. The Bertz CT molecular complexity index is 887. The van der Waals surface area contributed by atoms with Crippen molar-refractivity contribution in [3.8, 4) is 0 Å². The van der Waals surface area contributed by atoms with E-state index in [9.17, 15) is 19.8 Å². The molecule has 5 N–H and O–H groups in total. The minimum Gasteiger partial charge on any atom is -0.465 e. The van der Waals surface area contributed by atoms with Crippen LogP contribution in [-0.4, -0.2) is 69.4 Å². The fourth-order valence-corrected chi connectivity index (χ4v) is 4.34. The van der Waals surface area contributed by atoms with Crippen LogP contribution >= 0.6 is 0 Å². The van der Waals surface area contributed by atoms with Crippen molar-refractivity contribution < 1.29 is 24.9 Å². The first-order valence-corrected chi connectivity index (χ1v) is 10.8. The third kappa shape index (κ3) is 5.27. The molecule has 2 amide bonds. The van der Waals surface area contributed by atoms with Gasteiger partial charge in [-0.05, 0) is 29.9 Å². The molecule has 0 bridgehead atoms. The summed E-state index contributed by atoms with van der Waals surface area (Å²) in [7, 11) is 1.58. The Kier molecular flexibility index (Phi) is 7.84. The number of piperidine rings is 1. The second kappa shape index (κ2) is 10.6. The number of hydrogen-bond acceptors (Lipinski definition) is 5. The minimum absolute atomic E-state index is 0.271. The number of benzene rings is 2. The highest BCUT2D eigenvalue weighted by Crippen LogP contribution is 2.34. The van der Waals surface area contributed by atoms with Gasteiger partial charge in [-0.1, -0.05) is 60.7 Å². The number of amides is 2. The van der Waals surface area contributed by atoms with Gasteiger partial charge in [-0.15, -0.1) is 0 Å². The smallest absolute Gasteiger partial charge is 0.407 e. The van der Waals surface area contributed by atoms with Gasteiger partial charge in [0.25, 0.3) is 0 Å². The number of likely N-dealkylation sites (tertiary alicyclic amines) is 1. The van der Waals surface area contributed by atoms with E-state index in [4.69, 9.17) is 10.8 Å². The van der Waals surface area contributed by atoms with Crippen LogP contribution in [0.5, 0.6) is 0 Å². The van der Waals surface area contributed by atoms with E-state index in [1.807, 2.05) is 48.5 Å². The Morgan fingerprint density at radius 2 is 1.47 bits per heavy atom. The van der Waals surface area contributed by atoms with E-state index >= 15 is 0 Å². The average molecular weight is 442 g/mol. The Hall–Kier alpha value is -2.94. The number of nitrogens with two attached hydrogens (primary N) is 1. The van der Waals surface area contributed by atoms with Gasteiger partial charge >= 0.3 is 6.09 Å². The standard InChI is InChI=1S/C24H31N3O5/c1-26(23(30)19(25)21(28)18-12-14-27(15-13-18)24(31)32)20(16-8-4-2-5-9-16)22(29)17-10-6-3-7-11-17/h2-11,18-22,28-29H,12-15,25H2,1H3,(H,31,32)/t19-,20+,21+,22+/m0/s1. The molecule has 0 saturated carbocycles. The molecule has 4 atom stereocenters. The van der Waals surface area contributed by atoms with Gasteiger partial charge in [0.2, 0.25) is 5.91 Å². The summed E-state index contributed by atoms with van der Waals surface area (Å²) < 4.78 is 0. The Morgan fingerprint density at radius 1 is 0.969 bits per heavy atom. The van der Waals surface area contributed by atoms with Crippen molar-refractivity contribution in [1.29, 1.82) is 0 Å². The van der Waals surface area contributed by atoms with Crippen molar-refractivity contribution in [2.75, 3.05) is 20.1 Å². The van der Waals surface area contributed by atoms with Crippen LogP contribution in [0.25, 0.3) is 0 Å². The SMILES string of the molecule is CN(C(=O)[C@@H](N)[C@H](O)C1CCN(C(=O)O)CC1)[C@H](c1ccccc1)[C@H](O)c1ccccc1. The van der Waals surface area contributed by atoms with Crippen LogP contribution in [0.2, 0.25) is 0 Å². The van der Waals surface area contributed by atoms with Crippen molar-refractivity contribution >= 4 is 12.0 Å². The lowest BCUT2D eigenvalue weighted by atomic mass is 9.86. The maximum absolute atomic E-state index is 13.3. The number of aliphatic hydroxyl groups excluding tert-OH is 2. The quantitative estimate of drug-likeness (QED) is 0.520. The summed E-state index contributed by atoms with van der Waals surface area (Å²) in [5, 5.41) is 31.0. The summed E-state index contributed by atoms with van der Waals surface area (Å²) in [4.78, 5) is 27.1. The van der Waals surface area contributed by atoms with Crippen molar-refractivity contribution in [3.05, 3.63) is 71.8 Å². The fourth-order valence-electron chi connectivity index (χ4n) is 4.34. The molecule has 172 valence electrons.